The van der Waals surface area contributed by atoms with Gasteiger partial charge in [-0.3, -0.25) is 0 Å². The van der Waals surface area contributed by atoms with E-state index in [9.17, 15) is 8.42 Å². The standard InChI is InChI=1S/C11H14ClNO3S/c12-9-3-5-11(6-4-9)17(15,16)13-7-1-2-10(13)8-14/h3-6,10,14H,1-2,7-8H2/t10-/m1/s1. The van der Waals surface area contributed by atoms with Crippen molar-refractivity contribution in [3.05, 3.63) is 29.3 Å². The van der Waals surface area contributed by atoms with E-state index in [1.54, 1.807) is 12.1 Å². The molecule has 0 saturated carbocycles. The first kappa shape index (κ1) is 12.8. The Morgan fingerprint density at radius 3 is 2.59 bits per heavy atom. The Bertz CT molecular complexity index is 486. The Balaban J connectivity index is 2.33. The molecule has 1 atom stereocenters. The molecule has 0 aliphatic carbocycles. The number of aliphatic hydroxyl groups is 1. The van der Waals surface area contributed by atoms with E-state index in [4.69, 9.17) is 16.7 Å². The SMILES string of the molecule is O=S(=O)(c1ccc(Cl)cc1)N1CCC[C@@H]1CO. The van der Waals surface area contributed by atoms with Crippen molar-refractivity contribution in [2.45, 2.75) is 23.8 Å². The Morgan fingerprint density at radius 1 is 1.35 bits per heavy atom. The van der Waals surface area contributed by atoms with Crippen LogP contribution >= 0.6 is 11.6 Å². The predicted molar refractivity (Wildman–Crippen MR) is 65.5 cm³/mol. The molecule has 0 aromatic heterocycles. The van der Waals surface area contributed by atoms with E-state index < -0.39 is 10.0 Å². The van der Waals surface area contributed by atoms with Gasteiger partial charge < -0.3 is 5.11 Å². The van der Waals surface area contributed by atoms with Gasteiger partial charge in [0, 0.05) is 17.6 Å². The summed E-state index contributed by atoms with van der Waals surface area (Å²) in [7, 11) is -3.50. The molecule has 1 N–H and O–H groups in total. The molecule has 17 heavy (non-hydrogen) atoms. The molecule has 6 heteroatoms. The highest BCUT2D eigenvalue weighted by Gasteiger charge is 2.34. The molecule has 1 aliphatic heterocycles. The lowest BCUT2D eigenvalue weighted by atomic mass is 10.2. The van der Waals surface area contributed by atoms with Gasteiger partial charge in [-0.1, -0.05) is 11.6 Å². The van der Waals surface area contributed by atoms with Gasteiger partial charge in [-0.25, -0.2) is 8.42 Å². The first-order valence-corrected chi connectivity index (χ1v) is 7.26. The number of rotatable bonds is 3. The minimum Gasteiger partial charge on any atom is -0.395 e. The Kier molecular flexibility index (Phi) is 3.73. The number of aliphatic hydroxyl groups excluding tert-OH is 1. The van der Waals surface area contributed by atoms with Crippen molar-refractivity contribution in [1.29, 1.82) is 0 Å². The number of halogens is 1. The van der Waals surface area contributed by atoms with E-state index in [2.05, 4.69) is 0 Å². The van der Waals surface area contributed by atoms with Crippen molar-refractivity contribution in [3.63, 3.8) is 0 Å². The maximum absolute atomic E-state index is 12.3. The van der Waals surface area contributed by atoms with Gasteiger partial charge in [-0.05, 0) is 37.1 Å². The van der Waals surface area contributed by atoms with Crippen LogP contribution in [-0.2, 0) is 10.0 Å². The van der Waals surface area contributed by atoms with Gasteiger partial charge in [0.05, 0.1) is 11.5 Å². The summed E-state index contributed by atoms with van der Waals surface area (Å²) in [5, 5.41) is 9.67. The Hall–Kier alpha value is -0.620. The zero-order valence-electron chi connectivity index (χ0n) is 9.21. The normalized spacial score (nSPS) is 21.9. The fourth-order valence-electron chi connectivity index (χ4n) is 2.05. The van der Waals surface area contributed by atoms with E-state index in [1.165, 1.54) is 16.4 Å². The van der Waals surface area contributed by atoms with Crippen LogP contribution in [0.4, 0.5) is 0 Å². The molecule has 1 aromatic rings. The third-order valence-corrected chi connectivity index (χ3v) is 5.17. The van der Waals surface area contributed by atoms with Gasteiger partial charge in [0.25, 0.3) is 0 Å². The lowest BCUT2D eigenvalue weighted by Gasteiger charge is -2.22. The molecule has 0 amide bonds. The highest BCUT2D eigenvalue weighted by atomic mass is 35.5. The molecule has 0 spiro atoms. The van der Waals surface area contributed by atoms with E-state index in [1.807, 2.05) is 0 Å². The first-order valence-electron chi connectivity index (χ1n) is 5.44. The van der Waals surface area contributed by atoms with E-state index in [0.29, 0.717) is 18.0 Å². The smallest absolute Gasteiger partial charge is 0.243 e. The summed E-state index contributed by atoms with van der Waals surface area (Å²) >= 11 is 5.73. The van der Waals surface area contributed by atoms with Crippen LogP contribution < -0.4 is 0 Å². The molecule has 1 aliphatic rings. The number of hydrogen-bond donors (Lipinski definition) is 1. The molecule has 4 nitrogen and oxygen atoms in total. The molecule has 2 rings (SSSR count). The van der Waals surface area contributed by atoms with Crippen molar-refractivity contribution in [3.8, 4) is 0 Å². The second-order valence-electron chi connectivity index (χ2n) is 4.05. The third kappa shape index (κ3) is 2.47. The summed E-state index contributed by atoms with van der Waals surface area (Å²) < 4.78 is 25.9. The van der Waals surface area contributed by atoms with Crippen molar-refractivity contribution < 1.29 is 13.5 Å². The second kappa shape index (κ2) is 4.94. The fourth-order valence-corrected chi connectivity index (χ4v) is 3.86. The monoisotopic (exact) mass is 275 g/mol. The van der Waals surface area contributed by atoms with E-state index >= 15 is 0 Å². The maximum atomic E-state index is 12.3. The van der Waals surface area contributed by atoms with Crippen LogP contribution in [0.5, 0.6) is 0 Å². The number of nitrogens with zero attached hydrogens (tertiary/aromatic N) is 1. The quantitative estimate of drug-likeness (QED) is 0.909. The van der Waals surface area contributed by atoms with Gasteiger partial charge in [-0.2, -0.15) is 4.31 Å². The number of hydrogen-bond acceptors (Lipinski definition) is 3. The van der Waals surface area contributed by atoms with Crippen LogP contribution in [0.3, 0.4) is 0 Å². The van der Waals surface area contributed by atoms with Gasteiger partial charge in [0.1, 0.15) is 0 Å². The summed E-state index contributed by atoms with van der Waals surface area (Å²) in [6, 6.07) is 5.79. The highest BCUT2D eigenvalue weighted by molar-refractivity contribution is 7.89. The zero-order valence-corrected chi connectivity index (χ0v) is 10.8. The van der Waals surface area contributed by atoms with Gasteiger partial charge in [-0.15, -0.1) is 0 Å². The Morgan fingerprint density at radius 2 is 2.00 bits per heavy atom. The van der Waals surface area contributed by atoms with Crippen LogP contribution in [0.2, 0.25) is 5.02 Å². The largest absolute Gasteiger partial charge is 0.395 e. The average molecular weight is 276 g/mol. The topological polar surface area (TPSA) is 57.6 Å². The molecule has 0 bridgehead atoms. The van der Waals surface area contributed by atoms with Gasteiger partial charge in [0.2, 0.25) is 10.0 Å². The summed E-state index contributed by atoms with van der Waals surface area (Å²) in [5.41, 5.74) is 0. The minimum atomic E-state index is -3.50. The van der Waals surface area contributed by atoms with E-state index in [-0.39, 0.29) is 17.5 Å². The van der Waals surface area contributed by atoms with Gasteiger partial charge in [0.15, 0.2) is 0 Å². The lowest BCUT2D eigenvalue weighted by Crippen LogP contribution is -2.37. The highest BCUT2D eigenvalue weighted by Crippen LogP contribution is 2.26. The maximum Gasteiger partial charge on any atom is 0.243 e. The molecule has 1 aromatic carbocycles. The van der Waals surface area contributed by atoms with Crippen molar-refractivity contribution >= 4 is 21.6 Å². The van der Waals surface area contributed by atoms with Crippen molar-refractivity contribution in [2.24, 2.45) is 0 Å². The molecule has 0 radical (unpaired) electrons. The summed E-state index contributed by atoms with van der Waals surface area (Å²) in [4.78, 5) is 0.224. The number of benzene rings is 1. The van der Waals surface area contributed by atoms with Crippen LogP contribution in [0, 0.1) is 0 Å². The molecular formula is C11H14ClNO3S. The molecule has 94 valence electrons. The lowest BCUT2D eigenvalue weighted by molar-refractivity contribution is 0.213. The van der Waals surface area contributed by atoms with Crippen molar-refractivity contribution in [2.75, 3.05) is 13.2 Å². The molecule has 1 heterocycles. The molecule has 0 unspecified atom stereocenters. The molecular weight excluding hydrogens is 262 g/mol. The molecule has 1 fully saturated rings. The van der Waals surface area contributed by atoms with Gasteiger partial charge >= 0.3 is 0 Å². The number of sulfonamides is 1. The average Bonchev–Trinajstić information content (AvgIpc) is 2.78. The zero-order chi connectivity index (χ0) is 12.5. The fraction of sp³-hybridized carbons (Fsp3) is 0.455. The van der Waals surface area contributed by atoms with Crippen LogP contribution in [-0.4, -0.2) is 37.0 Å². The first-order chi connectivity index (χ1) is 8.05. The van der Waals surface area contributed by atoms with Crippen LogP contribution in [0.25, 0.3) is 0 Å². The summed E-state index contributed by atoms with van der Waals surface area (Å²) in [5.74, 6) is 0. The predicted octanol–water partition coefficient (Wildman–Crippen LogP) is 1.49. The van der Waals surface area contributed by atoms with Crippen molar-refractivity contribution in [1.82, 2.24) is 4.31 Å². The third-order valence-electron chi connectivity index (χ3n) is 2.95. The Labute approximate surface area is 106 Å². The van der Waals surface area contributed by atoms with Crippen LogP contribution in [0.1, 0.15) is 12.8 Å². The molecule has 1 saturated heterocycles. The summed E-state index contributed by atoms with van der Waals surface area (Å²) in [6.45, 7) is 0.336. The minimum absolute atomic E-state index is 0.132. The summed E-state index contributed by atoms with van der Waals surface area (Å²) in [6.07, 6.45) is 1.50. The second-order valence-corrected chi connectivity index (χ2v) is 6.38. The van der Waals surface area contributed by atoms with E-state index in [0.717, 1.165) is 6.42 Å². The van der Waals surface area contributed by atoms with Crippen LogP contribution in [0.15, 0.2) is 29.2 Å².